The number of rotatable bonds is 3. The molecule has 2 heterocycles. The number of nitrogens with one attached hydrogen (secondary N) is 1. The molecule has 4 rings (SSSR count). The van der Waals surface area contributed by atoms with Crippen LogP contribution in [0.5, 0.6) is 0 Å². The second kappa shape index (κ2) is 7.70. The lowest BCUT2D eigenvalue weighted by Crippen LogP contribution is -2.28. The van der Waals surface area contributed by atoms with Crippen molar-refractivity contribution in [1.82, 2.24) is 4.90 Å². The molecule has 1 aliphatic heterocycles. The van der Waals surface area contributed by atoms with Gasteiger partial charge in [-0.1, -0.05) is 23.2 Å². The van der Waals surface area contributed by atoms with E-state index < -0.39 is 11.7 Å². The first-order valence-corrected chi connectivity index (χ1v) is 10.3. The maximum atomic E-state index is 13.5. The summed E-state index contributed by atoms with van der Waals surface area (Å²) in [6, 6.07) is 8.96. The SMILES string of the molecule is O=C(Nc1cc(Cl)ccc1C(=O)N1CCCC1)c1sc2cc(F)ccc2c1Cl. The zero-order valence-corrected chi connectivity index (χ0v) is 16.9. The van der Waals surface area contributed by atoms with Crippen LogP contribution in [0.1, 0.15) is 32.9 Å². The van der Waals surface area contributed by atoms with E-state index in [2.05, 4.69) is 5.32 Å². The predicted octanol–water partition coefficient (Wildman–Crippen LogP) is 5.84. The van der Waals surface area contributed by atoms with E-state index >= 15 is 0 Å². The molecule has 2 amide bonds. The Hall–Kier alpha value is -2.15. The highest BCUT2D eigenvalue weighted by molar-refractivity contribution is 7.21. The summed E-state index contributed by atoms with van der Waals surface area (Å²) in [5.74, 6) is -1.01. The number of carbonyl (C=O) groups excluding carboxylic acids is 2. The summed E-state index contributed by atoms with van der Waals surface area (Å²) in [6.07, 6.45) is 1.93. The Labute approximate surface area is 174 Å². The van der Waals surface area contributed by atoms with Gasteiger partial charge in [0, 0.05) is 28.2 Å². The van der Waals surface area contributed by atoms with Crippen LogP contribution in [0.3, 0.4) is 0 Å². The minimum absolute atomic E-state index is 0.144. The first-order chi connectivity index (χ1) is 13.4. The Balaban J connectivity index is 1.67. The molecule has 8 heteroatoms. The standard InChI is InChI=1S/C20H15Cl2FN2O2S/c21-11-3-5-13(20(27)25-7-1-2-8-25)15(9-11)24-19(26)18-17(22)14-6-4-12(23)10-16(14)28-18/h3-6,9-10H,1-2,7-8H2,(H,24,26). The molecule has 0 saturated carbocycles. The summed E-state index contributed by atoms with van der Waals surface area (Å²) in [5.41, 5.74) is 0.706. The van der Waals surface area contributed by atoms with Crippen LogP contribution >= 0.6 is 34.5 Å². The average Bonchev–Trinajstić information content (AvgIpc) is 3.30. The molecule has 0 unspecified atom stereocenters. The zero-order valence-electron chi connectivity index (χ0n) is 14.6. The van der Waals surface area contributed by atoms with Crippen molar-refractivity contribution in [3.63, 3.8) is 0 Å². The quantitative estimate of drug-likeness (QED) is 0.560. The highest BCUT2D eigenvalue weighted by Gasteiger charge is 2.24. The zero-order chi connectivity index (χ0) is 19.8. The monoisotopic (exact) mass is 436 g/mol. The Bertz CT molecular complexity index is 1090. The van der Waals surface area contributed by atoms with Gasteiger partial charge in [-0.15, -0.1) is 11.3 Å². The fraction of sp³-hybridized carbons (Fsp3) is 0.200. The number of hydrogen-bond acceptors (Lipinski definition) is 3. The van der Waals surface area contributed by atoms with Gasteiger partial charge in [0.15, 0.2) is 0 Å². The fourth-order valence-corrected chi connectivity index (χ4v) is 4.87. The van der Waals surface area contributed by atoms with Crippen LogP contribution in [-0.4, -0.2) is 29.8 Å². The molecule has 28 heavy (non-hydrogen) atoms. The van der Waals surface area contributed by atoms with Crippen molar-refractivity contribution < 1.29 is 14.0 Å². The fourth-order valence-electron chi connectivity index (χ4n) is 3.26. The van der Waals surface area contributed by atoms with Crippen LogP contribution in [0.25, 0.3) is 10.1 Å². The van der Waals surface area contributed by atoms with Gasteiger partial charge in [0.2, 0.25) is 0 Å². The van der Waals surface area contributed by atoms with Gasteiger partial charge in [0.1, 0.15) is 10.7 Å². The molecular formula is C20H15Cl2FN2O2S. The molecule has 0 bridgehead atoms. The van der Waals surface area contributed by atoms with E-state index in [9.17, 15) is 14.0 Å². The first-order valence-electron chi connectivity index (χ1n) is 8.72. The number of anilines is 1. The van der Waals surface area contributed by atoms with Crippen molar-refractivity contribution in [2.24, 2.45) is 0 Å². The summed E-state index contributed by atoms with van der Waals surface area (Å²) >= 11 is 13.5. The van der Waals surface area contributed by atoms with Crippen LogP contribution in [0, 0.1) is 5.82 Å². The van der Waals surface area contributed by atoms with Crippen LogP contribution < -0.4 is 5.32 Å². The molecular weight excluding hydrogens is 422 g/mol. The normalized spacial score (nSPS) is 13.9. The molecule has 144 valence electrons. The van der Waals surface area contributed by atoms with Crippen LogP contribution in [0.4, 0.5) is 10.1 Å². The molecule has 1 aliphatic rings. The second-order valence-corrected chi connectivity index (χ2v) is 8.40. The van der Waals surface area contributed by atoms with E-state index in [0.29, 0.717) is 39.4 Å². The molecule has 0 atom stereocenters. The number of halogens is 3. The average molecular weight is 437 g/mol. The van der Waals surface area contributed by atoms with Crippen molar-refractivity contribution in [2.45, 2.75) is 12.8 Å². The topological polar surface area (TPSA) is 49.4 Å². The number of nitrogens with zero attached hydrogens (tertiary/aromatic N) is 1. The van der Waals surface area contributed by atoms with Crippen molar-refractivity contribution in [3.8, 4) is 0 Å². The third kappa shape index (κ3) is 3.60. The molecule has 2 aromatic carbocycles. The lowest BCUT2D eigenvalue weighted by atomic mass is 10.1. The van der Waals surface area contributed by atoms with E-state index in [-0.39, 0.29) is 15.8 Å². The molecule has 0 radical (unpaired) electrons. The van der Waals surface area contributed by atoms with E-state index in [4.69, 9.17) is 23.2 Å². The highest BCUT2D eigenvalue weighted by Crippen LogP contribution is 2.36. The van der Waals surface area contributed by atoms with E-state index in [1.54, 1.807) is 29.2 Å². The maximum absolute atomic E-state index is 13.5. The highest BCUT2D eigenvalue weighted by atomic mass is 35.5. The smallest absolute Gasteiger partial charge is 0.267 e. The van der Waals surface area contributed by atoms with Crippen LogP contribution in [0.2, 0.25) is 10.0 Å². The Morgan fingerprint density at radius 2 is 1.82 bits per heavy atom. The summed E-state index contributed by atoms with van der Waals surface area (Å²) in [7, 11) is 0. The van der Waals surface area contributed by atoms with Gasteiger partial charge in [0.25, 0.3) is 11.8 Å². The number of benzene rings is 2. The van der Waals surface area contributed by atoms with Gasteiger partial charge < -0.3 is 10.2 Å². The van der Waals surface area contributed by atoms with Crippen LogP contribution in [0.15, 0.2) is 36.4 Å². The van der Waals surface area contributed by atoms with Crippen LogP contribution in [-0.2, 0) is 0 Å². The summed E-state index contributed by atoms with van der Waals surface area (Å²) in [4.78, 5) is 27.7. The number of fused-ring (bicyclic) bond motifs is 1. The van der Waals surface area contributed by atoms with E-state index in [0.717, 1.165) is 24.2 Å². The molecule has 1 aromatic heterocycles. The number of carbonyl (C=O) groups is 2. The van der Waals surface area contributed by atoms with Crippen molar-refractivity contribution >= 4 is 62.1 Å². The number of amides is 2. The third-order valence-electron chi connectivity index (χ3n) is 4.65. The van der Waals surface area contributed by atoms with Crippen molar-refractivity contribution in [3.05, 3.63) is 62.7 Å². The molecule has 3 aromatic rings. The summed E-state index contributed by atoms with van der Waals surface area (Å²) in [5, 5.41) is 4.02. The minimum atomic E-state index is -0.468. The lowest BCUT2D eigenvalue weighted by Gasteiger charge is -2.18. The second-order valence-electron chi connectivity index (χ2n) is 6.53. The molecule has 0 aliphatic carbocycles. The van der Waals surface area contributed by atoms with Crippen molar-refractivity contribution in [2.75, 3.05) is 18.4 Å². The largest absolute Gasteiger partial charge is 0.339 e. The Kier molecular flexibility index (Phi) is 5.27. The molecule has 1 saturated heterocycles. The molecule has 1 N–H and O–H groups in total. The number of hydrogen-bond donors (Lipinski definition) is 1. The molecule has 1 fully saturated rings. The third-order valence-corrected chi connectivity index (χ3v) is 6.54. The van der Waals surface area contributed by atoms with Gasteiger partial charge in [-0.05, 0) is 49.2 Å². The van der Waals surface area contributed by atoms with Gasteiger partial charge in [0.05, 0.1) is 16.3 Å². The van der Waals surface area contributed by atoms with E-state index in [1.807, 2.05) is 0 Å². The number of likely N-dealkylation sites (tertiary alicyclic amines) is 1. The van der Waals surface area contributed by atoms with Crippen molar-refractivity contribution in [1.29, 1.82) is 0 Å². The molecule has 4 nitrogen and oxygen atoms in total. The predicted molar refractivity (Wildman–Crippen MR) is 111 cm³/mol. The van der Waals surface area contributed by atoms with Gasteiger partial charge in [-0.2, -0.15) is 0 Å². The molecule has 0 spiro atoms. The Morgan fingerprint density at radius 3 is 2.57 bits per heavy atom. The van der Waals surface area contributed by atoms with E-state index in [1.165, 1.54) is 12.1 Å². The van der Waals surface area contributed by atoms with Gasteiger partial charge >= 0.3 is 0 Å². The van der Waals surface area contributed by atoms with Gasteiger partial charge in [-0.3, -0.25) is 9.59 Å². The number of thiophene rings is 1. The first kappa shape index (κ1) is 19.2. The summed E-state index contributed by atoms with van der Waals surface area (Å²) < 4.78 is 14.0. The maximum Gasteiger partial charge on any atom is 0.267 e. The summed E-state index contributed by atoms with van der Waals surface area (Å²) in [6.45, 7) is 1.39. The minimum Gasteiger partial charge on any atom is -0.339 e. The lowest BCUT2D eigenvalue weighted by molar-refractivity contribution is 0.0794. The Morgan fingerprint density at radius 1 is 1.07 bits per heavy atom. The van der Waals surface area contributed by atoms with Gasteiger partial charge in [-0.25, -0.2) is 4.39 Å².